The van der Waals surface area contributed by atoms with Gasteiger partial charge in [-0.1, -0.05) is 42.5 Å². The summed E-state index contributed by atoms with van der Waals surface area (Å²) < 4.78 is 5.65. The van der Waals surface area contributed by atoms with Crippen LogP contribution in [-0.4, -0.2) is 17.7 Å². The molecule has 2 aromatic rings. The van der Waals surface area contributed by atoms with Crippen molar-refractivity contribution in [2.75, 3.05) is 6.61 Å². The number of aliphatic hydroxyl groups excluding tert-OH is 1. The third-order valence-corrected chi connectivity index (χ3v) is 3.89. The summed E-state index contributed by atoms with van der Waals surface area (Å²) in [7, 11) is 0. The van der Waals surface area contributed by atoms with E-state index in [0.29, 0.717) is 19.1 Å². The quantitative estimate of drug-likeness (QED) is 0.389. The molecule has 0 amide bonds. The first-order chi connectivity index (χ1) is 11.3. The van der Waals surface area contributed by atoms with Crippen LogP contribution < -0.4 is 15.8 Å². The highest BCUT2D eigenvalue weighted by Crippen LogP contribution is 2.31. The Morgan fingerprint density at radius 3 is 2.83 bits per heavy atom. The summed E-state index contributed by atoms with van der Waals surface area (Å²) >= 11 is 0. The highest BCUT2D eigenvalue weighted by molar-refractivity contribution is 14.0. The van der Waals surface area contributed by atoms with Crippen molar-refractivity contribution in [1.82, 2.24) is 5.32 Å². The summed E-state index contributed by atoms with van der Waals surface area (Å²) in [4.78, 5) is 4.40. The first kappa shape index (κ1) is 18.5. The number of fused-ring (bicyclic) bond motifs is 1. The minimum absolute atomic E-state index is 0. The van der Waals surface area contributed by atoms with E-state index in [1.807, 2.05) is 48.5 Å². The van der Waals surface area contributed by atoms with Crippen LogP contribution in [-0.2, 0) is 13.2 Å². The van der Waals surface area contributed by atoms with Gasteiger partial charge in [-0.15, -0.1) is 24.0 Å². The molecule has 3 rings (SSSR count). The van der Waals surface area contributed by atoms with Crippen LogP contribution in [0, 0.1) is 0 Å². The van der Waals surface area contributed by atoms with Gasteiger partial charge in [-0.25, -0.2) is 4.99 Å². The molecule has 24 heavy (non-hydrogen) atoms. The van der Waals surface area contributed by atoms with Crippen molar-refractivity contribution >= 4 is 29.9 Å². The van der Waals surface area contributed by atoms with Gasteiger partial charge in [0.1, 0.15) is 5.75 Å². The Morgan fingerprint density at radius 1 is 1.21 bits per heavy atom. The molecular formula is C18H22IN3O2. The largest absolute Gasteiger partial charge is 0.493 e. The van der Waals surface area contributed by atoms with Crippen molar-refractivity contribution in [3.63, 3.8) is 0 Å². The number of hydrogen-bond acceptors (Lipinski definition) is 3. The van der Waals surface area contributed by atoms with Crippen LogP contribution >= 0.6 is 24.0 Å². The number of halogens is 1. The minimum Gasteiger partial charge on any atom is -0.493 e. The van der Waals surface area contributed by atoms with E-state index in [2.05, 4.69) is 10.3 Å². The van der Waals surface area contributed by atoms with Gasteiger partial charge in [0.15, 0.2) is 5.96 Å². The summed E-state index contributed by atoms with van der Waals surface area (Å²) in [5.41, 5.74) is 9.04. The van der Waals surface area contributed by atoms with Crippen LogP contribution in [0.3, 0.4) is 0 Å². The lowest BCUT2D eigenvalue weighted by Gasteiger charge is -2.26. The second kappa shape index (κ2) is 8.89. The first-order valence-electron chi connectivity index (χ1n) is 7.73. The number of aliphatic hydroxyl groups is 1. The van der Waals surface area contributed by atoms with Gasteiger partial charge < -0.3 is 20.9 Å². The maximum Gasteiger partial charge on any atom is 0.189 e. The van der Waals surface area contributed by atoms with E-state index in [1.165, 1.54) is 0 Å². The molecule has 1 heterocycles. The van der Waals surface area contributed by atoms with Crippen LogP contribution in [0.4, 0.5) is 0 Å². The normalized spacial score (nSPS) is 16.5. The van der Waals surface area contributed by atoms with Crippen LogP contribution in [0.15, 0.2) is 53.5 Å². The van der Waals surface area contributed by atoms with Gasteiger partial charge in [0.25, 0.3) is 0 Å². The number of benzene rings is 2. The van der Waals surface area contributed by atoms with Gasteiger partial charge in [-0.05, 0) is 17.2 Å². The first-order valence-corrected chi connectivity index (χ1v) is 7.73. The molecule has 0 fully saturated rings. The zero-order chi connectivity index (χ0) is 16.1. The standard InChI is InChI=1S/C18H21N3O2.HI/c19-18(20-11-13-4-3-5-14(10-13)12-22)21-16-8-9-23-17-7-2-1-6-15(16)17;/h1-7,10,16,22H,8-9,11-12H2,(H3,19,20,21);1H. The average Bonchev–Trinajstić information content (AvgIpc) is 2.60. The number of para-hydroxylation sites is 1. The van der Waals surface area contributed by atoms with Crippen molar-refractivity contribution in [2.45, 2.75) is 25.6 Å². The number of nitrogens with zero attached hydrogens (tertiary/aromatic N) is 1. The molecule has 128 valence electrons. The Bertz CT molecular complexity index is 706. The van der Waals surface area contributed by atoms with Crippen molar-refractivity contribution in [3.05, 3.63) is 65.2 Å². The molecule has 0 aromatic heterocycles. The van der Waals surface area contributed by atoms with Gasteiger partial charge in [-0.3, -0.25) is 0 Å². The smallest absolute Gasteiger partial charge is 0.189 e. The molecule has 2 aromatic carbocycles. The molecule has 0 spiro atoms. The highest BCUT2D eigenvalue weighted by atomic mass is 127. The third kappa shape index (κ3) is 4.61. The van der Waals surface area contributed by atoms with Gasteiger partial charge in [0.2, 0.25) is 0 Å². The van der Waals surface area contributed by atoms with Gasteiger partial charge in [0, 0.05) is 12.0 Å². The maximum atomic E-state index is 9.16. The second-order valence-corrected chi connectivity index (χ2v) is 5.55. The molecule has 0 saturated heterocycles. The van der Waals surface area contributed by atoms with E-state index in [9.17, 15) is 0 Å². The maximum absolute atomic E-state index is 9.16. The fourth-order valence-electron chi connectivity index (χ4n) is 2.72. The summed E-state index contributed by atoms with van der Waals surface area (Å²) in [6, 6.07) is 15.8. The Morgan fingerprint density at radius 2 is 2.00 bits per heavy atom. The van der Waals surface area contributed by atoms with Crippen LogP contribution in [0.5, 0.6) is 5.75 Å². The molecule has 0 aliphatic carbocycles. The predicted octanol–water partition coefficient (Wildman–Crippen LogP) is 2.73. The Labute approximate surface area is 159 Å². The molecule has 0 saturated carbocycles. The number of nitrogens with one attached hydrogen (secondary N) is 1. The highest BCUT2D eigenvalue weighted by Gasteiger charge is 2.21. The van der Waals surface area contributed by atoms with Crippen molar-refractivity contribution in [1.29, 1.82) is 0 Å². The van der Waals surface area contributed by atoms with Crippen molar-refractivity contribution in [2.24, 2.45) is 10.7 Å². The van der Waals surface area contributed by atoms with E-state index in [0.717, 1.165) is 28.9 Å². The lowest BCUT2D eigenvalue weighted by atomic mass is 10.0. The molecule has 1 atom stereocenters. The lowest BCUT2D eigenvalue weighted by Crippen LogP contribution is -2.37. The van der Waals surface area contributed by atoms with Crippen LogP contribution in [0.1, 0.15) is 29.2 Å². The molecule has 4 N–H and O–H groups in total. The lowest BCUT2D eigenvalue weighted by molar-refractivity contribution is 0.262. The van der Waals surface area contributed by atoms with Gasteiger partial charge in [0.05, 0.1) is 25.8 Å². The fraction of sp³-hybridized carbons (Fsp3) is 0.278. The molecule has 0 bridgehead atoms. The van der Waals surface area contributed by atoms with E-state index in [4.69, 9.17) is 15.6 Å². The molecule has 1 aliphatic heterocycles. The monoisotopic (exact) mass is 439 g/mol. The summed E-state index contributed by atoms with van der Waals surface area (Å²) in [5.74, 6) is 1.32. The zero-order valence-electron chi connectivity index (χ0n) is 13.3. The fourth-order valence-corrected chi connectivity index (χ4v) is 2.72. The molecule has 1 aliphatic rings. The summed E-state index contributed by atoms with van der Waals surface area (Å²) in [5, 5.41) is 12.4. The Balaban J connectivity index is 0.00000208. The number of nitrogens with two attached hydrogens (primary N) is 1. The van der Waals surface area contributed by atoms with Crippen LogP contribution in [0.2, 0.25) is 0 Å². The van der Waals surface area contributed by atoms with Gasteiger partial charge >= 0.3 is 0 Å². The number of aliphatic imine (C=N–C) groups is 1. The van der Waals surface area contributed by atoms with Crippen molar-refractivity contribution in [3.8, 4) is 5.75 Å². The Kier molecular flexibility index (Phi) is 6.86. The van der Waals surface area contributed by atoms with Crippen molar-refractivity contribution < 1.29 is 9.84 Å². The predicted molar refractivity (Wildman–Crippen MR) is 106 cm³/mol. The topological polar surface area (TPSA) is 79.9 Å². The molecule has 0 radical (unpaired) electrons. The summed E-state index contributed by atoms with van der Waals surface area (Å²) in [6.07, 6.45) is 0.854. The van der Waals surface area contributed by atoms with E-state index >= 15 is 0 Å². The SMILES string of the molecule is I.NC(=NCc1cccc(CO)c1)NC1CCOc2ccccc21. The van der Waals surface area contributed by atoms with E-state index in [-0.39, 0.29) is 36.6 Å². The minimum atomic E-state index is 0. The molecule has 6 heteroatoms. The number of ether oxygens (including phenoxy) is 1. The molecule has 5 nitrogen and oxygen atoms in total. The number of guanidine groups is 1. The average molecular weight is 439 g/mol. The van der Waals surface area contributed by atoms with Crippen LogP contribution in [0.25, 0.3) is 0 Å². The number of rotatable bonds is 4. The second-order valence-electron chi connectivity index (χ2n) is 5.55. The van der Waals surface area contributed by atoms with Gasteiger partial charge in [-0.2, -0.15) is 0 Å². The number of hydrogen-bond donors (Lipinski definition) is 3. The summed E-state index contributed by atoms with van der Waals surface area (Å²) in [6.45, 7) is 1.18. The Hall–Kier alpha value is -1.80. The van der Waals surface area contributed by atoms with E-state index in [1.54, 1.807) is 0 Å². The molecular weight excluding hydrogens is 417 g/mol. The third-order valence-electron chi connectivity index (χ3n) is 3.89. The zero-order valence-corrected chi connectivity index (χ0v) is 15.6. The van der Waals surface area contributed by atoms with E-state index < -0.39 is 0 Å². The molecule has 1 unspecified atom stereocenters.